The van der Waals surface area contributed by atoms with Crippen LogP contribution in [0.4, 0.5) is 4.79 Å². The summed E-state index contributed by atoms with van der Waals surface area (Å²) in [5, 5.41) is 4.75. The Balaban J connectivity index is 1.89. The van der Waals surface area contributed by atoms with E-state index in [-0.39, 0.29) is 6.09 Å². The third-order valence-corrected chi connectivity index (χ3v) is 4.46. The zero-order valence-corrected chi connectivity index (χ0v) is 11.1. The molecular weight excluding hydrogens is 254 g/mol. The normalized spacial score (nSPS) is 10.2. The van der Waals surface area contributed by atoms with Crippen molar-refractivity contribution in [3.8, 4) is 9.75 Å². The summed E-state index contributed by atoms with van der Waals surface area (Å²) in [6.45, 7) is 0.608. The first-order valence-electron chi connectivity index (χ1n) is 5.24. The van der Waals surface area contributed by atoms with Gasteiger partial charge in [-0.2, -0.15) is 0 Å². The van der Waals surface area contributed by atoms with Gasteiger partial charge in [0.2, 0.25) is 0 Å². The van der Waals surface area contributed by atoms with Gasteiger partial charge in [-0.3, -0.25) is 0 Å². The number of nitrogens with one attached hydrogen (secondary N) is 1. The fourth-order valence-electron chi connectivity index (χ4n) is 1.42. The van der Waals surface area contributed by atoms with Crippen LogP contribution in [0.2, 0.25) is 0 Å². The SMILES string of the molecule is COC(=O)NCCc1ccc(-c2cccs2)s1. The van der Waals surface area contributed by atoms with Crippen molar-refractivity contribution >= 4 is 28.8 Å². The minimum atomic E-state index is -0.375. The van der Waals surface area contributed by atoms with Crippen LogP contribution in [0.3, 0.4) is 0 Å². The molecule has 0 aliphatic rings. The molecule has 1 N–H and O–H groups in total. The van der Waals surface area contributed by atoms with Gasteiger partial charge < -0.3 is 10.1 Å². The summed E-state index contributed by atoms with van der Waals surface area (Å²) in [5.74, 6) is 0. The number of rotatable bonds is 4. The number of methoxy groups -OCH3 is 1. The molecule has 3 nitrogen and oxygen atoms in total. The maximum absolute atomic E-state index is 10.9. The molecule has 5 heteroatoms. The van der Waals surface area contributed by atoms with Gasteiger partial charge in [0.25, 0.3) is 0 Å². The molecule has 2 aromatic heterocycles. The quantitative estimate of drug-likeness (QED) is 0.922. The molecule has 0 aromatic carbocycles. The molecule has 2 heterocycles. The molecule has 17 heavy (non-hydrogen) atoms. The zero-order chi connectivity index (χ0) is 12.1. The third-order valence-electron chi connectivity index (χ3n) is 2.25. The van der Waals surface area contributed by atoms with Crippen LogP contribution in [0.5, 0.6) is 0 Å². The van der Waals surface area contributed by atoms with E-state index in [2.05, 4.69) is 39.7 Å². The largest absolute Gasteiger partial charge is 0.453 e. The molecule has 0 spiro atoms. The Hall–Kier alpha value is -1.33. The monoisotopic (exact) mass is 267 g/mol. The topological polar surface area (TPSA) is 38.3 Å². The Morgan fingerprint density at radius 2 is 2.24 bits per heavy atom. The number of carbonyl (C=O) groups is 1. The Morgan fingerprint density at radius 3 is 2.94 bits per heavy atom. The van der Waals surface area contributed by atoms with Crippen molar-refractivity contribution in [1.82, 2.24) is 5.32 Å². The van der Waals surface area contributed by atoms with Gasteiger partial charge in [-0.25, -0.2) is 4.79 Å². The second-order valence-electron chi connectivity index (χ2n) is 3.41. The van der Waals surface area contributed by atoms with Crippen molar-refractivity contribution in [1.29, 1.82) is 0 Å². The Bertz CT molecular complexity index is 476. The molecular formula is C12H13NO2S2. The lowest BCUT2D eigenvalue weighted by Crippen LogP contribution is -2.24. The highest BCUT2D eigenvalue weighted by Crippen LogP contribution is 2.31. The van der Waals surface area contributed by atoms with Crippen LogP contribution in [0.25, 0.3) is 9.75 Å². The Labute approximate surface area is 108 Å². The van der Waals surface area contributed by atoms with E-state index in [9.17, 15) is 4.79 Å². The molecule has 0 saturated heterocycles. The van der Waals surface area contributed by atoms with Gasteiger partial charge in [-0.1, -0.05) is 6.07 Å². The van der Waals surface area contributed by atoms with Gasteiger partial charge in [0.1, 0.15) is 0 Å². The molecule has 0 bridgehead atoms. The molecule has 2 aromatic rings. The number of thiophene rings is 2. The minimum absolute atomic E-state index is 0.375. The summed E-state index contributed by atoms with van der Waals surface area (Å²) in [7, 11) is 1.37. The van der Waals surface area contributed by atoms with E-state index in [1.165, 1.54) is 21.7 Å². The molecule has 0 fully saturated rings. The second-order valence-corrected chi connectivity index (χ2v) is 5.53. The first-order chi connectivity index (χ1) is 8.29. The lowest BCUT2D eigenvalue weighted by atomic mass is 10.3. The zero-order valence-electron chi connectivity index (χ0n) is 9.43. The van der Waals surface area contributed by atoms with Crippen molar-refractivity contribution < 1.29 is 9.53 Å². The predicted molar refractivity (Wildman–Crippen MR) is 71.7 cm³/mol. The van der Waals surface area contributed by atoms with Crippen LogP contribution < -0.4 is 5.32 Å². The lowest BCUT2D eigenvalue weighted by molar-refractivity contribution is 0.171. The van der Waals surface area contributed by atoms with Crippen molar-refractivity contribution in [2.75, 3.05) is 13.7 Å². The summed E-state index contributed by atoms with van der Waals surface area (Å²) in [5.41, 5.74) is 0. The van der Waals surface area contributed by atoms with E-state index in [4.69, 9.17) is 0 Å². The van der Waals surface area contributed by atoms with Crippen molar-refractivity contribution in [3.63, 3.8) is 0 Å². The molecule has 0 radical (unpaired) electrons. The van der Waals surface area contributed by atoms with E-state index >= 15 is 0 Å². The van der Waals surface area contributed by atoms with Gasteiger partial charge in [0.15, 0.2) is 0 Å². The molecule has 0 unspecified atom stereocenters. The molecule has 0 aliphatic heterocycles. The third kappa shape index (κ3) is 3.31. The fraction of sp³-hybridized carbons (Fsp3) is 0.250. The van der Waals surface area contributed by atoms with Crippen molar-refractivity contribution in [3.05, 3.63) is 34.5 Å². The predicted octanol–water partition coefficient (Wildman–Crippen LogP) is 3.38. The smallest absolute Gasteiger partial charge is 0.406 e. The summed E-state index contributed by atoms with van der Waals surface area (Å²) < 4.78 is 4.51. The fourth-order valence-corrected chi connectivity index (χ4v) is 3.27. The highest BCUT2D eigenvalue weighted by Gasteiger charge is 2.04. The van der Waals surface area contributed by atoms with Gasteiger partial charge >= 0.3 is 6.09 Å². The maximum atomic E-state index is 10.9. The Morgan fingerprint density at radius 1 is 1.35 bits per heavy atom. The number of carbonyl (C=O) groups excluding carboxylic acids is 1. The minimum Gasteiger partial charge on any atom is -0.453 e. The van der Waals surface area contributed by atoms with Crippen LogP contribution in [0.15, 0.2) is 29.6 Å². The Kier molecular flexibility index (Phi) is 4.17. The van der Waals surface area contributed by atoms with Crippen LogP contribution in [-0.4, -0.2) is 19.7 Å². The molecule has 2 rings (SSSR count). The number of alkyl carbamates (subject to hydrolysis) is 1. The van der Waals surface area contributed by atoms with Gasteiger partial charge in [-0.05, 0) is 30.0 Å². The number of hydrogen-bond acceptors (Lipinski definition) is 4. The van der Waals surface area contributed by atoms with Crippen LogP contribution >= 0.6 is 22.7 Å². The van der Waals surface area contributed by atoms with Gasteiger partial charge in [0.05, 0.1) is 7.11 Å². The number of hydrogen-bond donors (Lipinski definition) is 1. The van der Waals surface area contributed by atoms with E-state index in [0.717, 1.165) is 6.42 Å². The average Bonchev–Trinajstić information content (AvgIpc) is 2.98. The second kappa shape index (κ2) is 5.84. The first kappa shape index (κ1) is 12.1. The van der Waals surface area contributed by atoms with E-state index < -0.39 is 0 Å². The maximum Gasteiger partial charge on any atom is 0.406 e. The van der Waals surface area contributed by atoms with E-state index in [0.29, 0.717) is 6.54 Å². The van der Waals surface area contributed by atoms with Crippen molar-refractivity contribution in [2.24, 2.45) is 0 Å². The highest BCUT2D eigenvalue weighted by molar-refractivity contribution is 7.21. The van der Waals surface area contributed by atoms with Crippen LogP contribution in [0, 0.1) is 0 Å². The summed E-state index contributed by atoms with van der Waals surface area (Å²) in [6, 6.07) is 8.41. The number of ether oxygens (including phenoxy) is 1. The van der Waals surface area contributed by atoms with E-state index in [1.807, 2.05) is 0 Å². The van der Waals surface area contributed by atoms with Gasteiger partial charge in [0, 0.05) is 21.2 Å². The molecule has 1 amide bonds. The summed E-state index contributed by atoms with van der Waals surface area (Å²) >= 11 is 3.51. The molecule has 90 valence electrons. The lowest BCUT2D eigenvalue weighted by Gasteiger charge is -2.01. The first-order valence-corrected chi connectivity index (χ1v) is 6.93. The average molecular weight is 267 g/mol. The van der Waals surface area contributed by atoms with E-state index in [1.54, 1.807) is 22.7 Å². The molecule has 0 atom stereocenters. The van der Waals surface area contributed by atoms with Gasteiger partial charge in [-0.15, -0.1) is 22.7 Å². The number of amides is 1. The standard InChI is InChI=1S/C12H13NO2S2/c1-15-12(14)13-7-6-9-4-5-11(17-9)10-3-2-8-16-10/h2-5,8H,6-7H2,1H3,(H,13,14). The molecule has 0 saturated carbocycles. The van der Waals surface area contributed by atoms with Crippen molar-refractivity contribution in [2.45, 2.75) is 6.42 Å². The van der Waals surface area contributed by atoms with Crippen LogP contribution in [-0.2, 0) is 11.2 Å². The highest BCUT2D eigenvalue weighted by atomic mass is 32.1. The summed E-state index contributed by atoms with van der Waals surface area (Å²) in [6.07, 6.45) is 0.463. The van der Waals surface area contributed by atoms with Crippen LogP contribution in [0.1, 0.15) is 4.88 Å². The molecule has 0 aliphatic carbocycles. The summed E-state index contributed by atoms with van der Waals surface area (Å²) in [4.78, 5) is 14.7.